The quantitative estimate of drug-likeness (QED) is 0.904. The van der Waals surface area contributed by atoms with Gasteiger partial charge < -0.3 is 4.74 Å². The minimum atomic E-state index is -0.625. The predicted octanol–water partition coefficient (Wildman–Crippen LogP) is 4.22. The molecule has 0 fully saturated rings. The number of hydrogen-bond donors (Lipinski definition) is 1. The molecule has 0 aliphatic heterocycles. The van der Waals surface area contributed by atoms with Crippen molar-refractivity contribution in [1.82, 2.24) is 0 Å². The van der Waals surface area contributed by atoms with Gasteiger partial charge in [0.05, 0.1) is 0 Å². The molecule has 20 heavy (non-hydrogen) atoms. The normalized spacial score (nSPS) is 9.85. The zero-order chi connectivity index (χ0) is 14.4. The average Bonchev–Trinajstić information content (AvgIpc) is 2.46. The van der Waals surface area contributed by atoms with Crippen LogP contribution in [0.25, 0.3) is 6.08 Å². The summed E-state index contributed by atoms with van der Waals surface area (Å²) < 4.78 is 18.5. The van der Waals surface area contributed by atoms with Gasteiger partial charge in [0, 0.05) is 11.3 Å². The second kappa shape index (κ2) is 6.52. The number of carbonyl (C=O) groups excluding carboxylic acids is 1. The first-order chi connectivity index (χ1) is 9.69. The number of carbonyl (C=O) groups is 1. The largest absolute Gasteiger partial charge is 0.444 e. The number of halogens is 1. The Bertz CT molecular complexity index is 611. The van der Waals surface area contributed by atoms with Gasteiger partial charge in [-0.1, -0.05) is 43.0 Å². The Balaban J connectivity index is 1.91. The lowest BCUT2D eigenvalue weighted by molar-refractivity contribution is 0.155. The molecule has 1 N–H and O–H groups in total. The molecular formula is C16H14FNO2. The first-order valence-corrected chi connectivity index (χ1v) is 6.09. The third kappa shape index (κ3) is 3.68. The minimum absolute atomic E-state index is 0.167. The van der Waals surface area contributed by atoms with Gasteiger partial charge in [0.2, 0.25) is 0 Å². The van der Waals surface area contributed by atoms with Crippen LogP contribution in [0.15, 0.2) is 55.1 Å². The van der Waals surface area contributed by atoms with Crippen LogP contribution in [0.2, 0.25) is 0 Å². The van der Waals surface area contributed by atoms with E-state index in [1.54, 1.807) is 6.07 Å². The maximum absolute atomic E-state index is 13.5. The van der Waals surface area contributed by atoms with E-state index in [4.69, 9.17) is 4.74 Å². The molecule has 0 saturated carbocycles. The van der Waals surface area contributed by atoms with E-state index in [0.29, 0.717) is 11.3 Å². The number of ether oxygens (including phenoxy) is 1. The van der Waals surface area contributed by atoms with Crippen LogP contribution in [-0.4, -0.2) is 6.09 Å². The molecule has 1 amide bonds. The molecule has 3 nitrogen and oxygen atoms in total. The Morgan fingerprint density at radius 1 is 1.25 bits per heavy atom. The maximum Gasteiger partial charge on any atom is 0.411 e. The Hall–Kier alpha value is -2.62. The summed E-state index contributed by atoms with van der Waals surface area (Å²) in [6.07, 6.45) is 0.784. The van der Waals surface area contributed by atoms with E-state index in [2.05, 4.69) is 11.9 Å². The average molecular weight is 271 g/mol. The van der Waals surface area contributed by atoms with Crippen LogP contribution in [0.1, 0.15) is 11.1 Å². The maximum atomic E-state index is 13.5. The second-order valence-electron chi connectivity index (χ2n) is 4.13. The van der Waals surface area contributed by atoms with Gasteiger partial charge in [-0.25, -0.2) is 9.18 Å². The Morgan fingerprint density at radius 2 is 2.00 bits per heavy atom. The van der Waals surface area contributed by atoms with Gasteiger partial charge in [0.25, 0.3) is 0 Å². The van der Waals surface area contributed by atoms with Gasteiger partial charge >= 0.3 is 6.09 Å². The van der Waals surface area contributed by atoms with Crippen LogP contribution in [0, 0.1) is 5.82 Å². The summed E-state index contributed by atoms with van der Waals surface area (Å²) in [5, 5.41) is 2.47. The zero-order valence-corrected chi connectivity index (χ0v) is 10.8. The predicted molar refractivity (Wildman–Crippen MR) is 76.7 cm³/mol. The molecule has 0 radical (unpaired) electrons. The highest BCUT2D eigenvalue weighted by Gasteiger charge is 2.06. The molecule has 0 spiro atoms. The summed E-state index contributed by atoms with van der Waals surface area (Å²) in [5.41, 5.74) is 1.61. The lowest BCUT2D eigenvalue weighted by atomic mass is 10.2. The van der Waals surface area contributed by atoms with E-state index < -0.39 is 11.9 Å². The zero-order valence-electron chi connectivity index (χ0n) is 10.8. The number of rotatable bonds is 4. The van der Waals surface area contributed by atoms with Crippen molar-refractivity contribution in [2.45, 2.75) is 6.61 Å². The van der Waals surface area contributed by atoms with Gasteiger partial charge in [0.15, 0.2) is 0 Å². The smallest absolute Gasteiger partial charge is 0.411 e. The fourth-order valence-corrected chi connectivity index (χ4v) is 1.65. The van der Waals surface area contributed by atoms with Crippen molar-refractivity contribution in [3.05, 3.63) is 72.1 Å². The molecule has 2 rings (SSSR count). The van der Waals surface area contributed by atoms with E-state index in [-0.39, 0.29) is 6.61 Å². The van der Waals surface area contributed by atoms with Crippen LogP contribution >= 0.6 is 0 Å². The number of anilines is 1. The summed E-state index contributed by atoms with van der Waals surface area (Å²) in [7, 11) is 0. The molecule has 0 aromatic heterocycles. The van der Waals surface area contributed by atoms with Gasteiger partial charge in [-0.05, 0) is 23.8 Å². The van der Waals surface area contributed by atoms with Crippen LogP contribution in [0.4, 0.5) is 14.9 Å². The van der Waals surface area contributed by atoms with E-state index in [9.17, 15) is 9.18 Å². The summed E-state index contributed by atoms with van der Waals surface area (Å²) in [6, 6.07) is 13.7. The summed E-state index contributed by atoms with van der Waals surface area (Å²) >= 11 is 0. The topological polar surface area (TPSA) is 38.3 Å². The van der Waals surface area contributed by atoms with Crippen molar-refractivity contribution in [1.29, 1.82) is 0 Å². The number of amides is 1. The third-order valence-corrected chi connectivity index (χ3v) is 2.68. The fourth-order valence-electron chi connectivity index (χ4n) is 1.65. The Labute approximate surface area is 116 Å². The van der Waals surface area contributed by atoms with E-state index in [0.717, 1.165) is 5.56 Å². The van der Waals surface area contributed by atoms with Crippen LogP contribution in [-0.2, 0) is 11.3 Å². The first-order valence-electron chi connectivity index (χ1n) is 6.09. The van der Waals surface area contributed by atoms with Crippen molar-refractivity contribution in [3.8, 4) is 0 Å². The summed E-state index contributed by atoms with van der Waals surface area (Å²) in [6.45, 7) is 3.66. The molecule has 0 unspecified atom stereocenters. The Kier molecular flexibility index (Phi) is 4.50. The molecule has 4 heteroatoms. The van der Waals surface area contributed by atoms with Crippen molar-refractivity contribution in [2.24, 2.45) is 0 Å². The fraction of sp³-hybridized carbons (Fsp3) is 0.0625. The van der Waals surface area contributed by atoms with E-state index in [1.807, 2.05) is 30.3 Å². The first kappa shape index (κ1) is 13.8. The molecule has 0 atom stereocenters. The SMILES string of the molecule is C=Cc1ccc(NC(=O)OCc2ccccc2)cc1F. The molecule has 2 aromatic rings. The van der Waals surface area contributed by atoms with Crippen LogP contribution in [0.3, 0.4) is 0 Å². The van der Waals surface area contributed by atoms with Crippen molar-refractivity contribution in [2.75, 3.05) is 5.32 Å². The molecule has 2 aromatic carbocycles. The molecule has 0 heterocycles. The van der Waals surface area contributed by atoms with Crippen LogP contribution < -0.4 is 5.32 Å². The lowest BCUT2D eigenvalue weighted by Gasteiger charge is -2.08. The molecule has 0 bridgehead atoms. The summed E-state index contributed by atoms with van der Waals surface area (Å²) in [5.74, 6) is -0.444. The number of nitrogens with one attached hydrogen (secondary N) is 1. The standard InChI is InChI=1S/C16H14FNO2/c1-2-13-8-9-14(10-15(13)17)18-16(19)20-11-12-6-4-3-5-7-12/h2-10H,1,11H2,(H,18,19). The van der Waals surface area contributed by atoms with Gasteiger partial charge in [-0.15, -0.1) is 0 Å². The Morgan fingerprint density at radius 3 is 2.65 bits per heavy atom. The second-order valence-corrected chi connectivity index (χ2v) is 4.13. The van der Waals surface area contributed by atoms with Crippen molar-refractivity contribution in [3.63, 3.8) is 0 Å². The molecule has 0 saturated heterocycles. The lowest BCUT2D eigenvalue weighted by Crippen LogP contribution is -2.13. The van der Waals surface area contributed by atoms with Gasteiger partial charge in [-0.2, -0.15) is 0 Å². The molecule has 0 aliphatic rings. The monoisotopic (exact) mass is 271 g/mol. The van der Waals surface area contributed by atoms with Gasteiger partial charge in [-0.3, -0.25) is 5.32 Å². The third-order valence-electron chi connectivity index (χ3n) is 2.68. The molecular weight excluding hydrogens is 257 g/mol. The highest BCUT2D eigenvalue weighted by molar-refractivity contribution is 5.84. The highest BCUT2D eigenvalue weighted by atomic mass is 19.1. The van der Waals surface area contributed by atoms with E-state index >= 15 is 0 Å². The summed E-state index contributed by atoms with van der Waals surface area (Å²) in [4.78, 5) is 11.6. The number of hydrogen-bond acceptors (Lipinski definition) is 2. The molecule has 0 aliphatic carbocycles. The molecule has 102 valence electrons. The van der Waals surface area contributed by atoms with Crippen molar-refractivity contribution >= 4 is 17.9 Å². The number of benzene rings is 2. The highest BCUT2D eigenvalue weighted by Crippen LogP contribution is 2.15. The van der Waals surface area contributed by atoms with E-state index in [1.165, 1.54) is 18.2 Å². The minimum Gasteiger partial charge on any atom is -0.444 e. The van der Waals surface area contributed by atoms with Crippen LogP contribution in [0.5, 0.6) is 0 Å². The van der Waals surface area contributed by atoms with Gasteiger partial charge in [0.1, 0.15) is 12.4 Å². The van der Waals surface area contributed by atoms with Crippen molar-refractivity contribution < 1.29 is 13.9 Å².